The highest BCUT2D eigenvalue weighted by Gasteiger charge is 2.29. The largest absolute Gasteiger partial charge is 0.310 e. The number of rotatable bonds is 2. The molecule has 9 aromatic carbocycles. The molecule has 250 valence electrons. The minimum Gasteiger partial charge on any atom is -0.310 e. The van der Waals surface area contributed by atoms with Crippen molar-refractivity contribution in [1.29, 1.82) is 0 Å². The van der Waals surface area contributed by atoms with Crippen LogP contribution in [0.3, 0.4) is 0 Å². The molecule has 0 spiro atoms. The predicted molar refractivity (Wildman–Crippen MR) is 233 cm³/mol. The van der Waals surface area contributed by atoms with Crippen LogP contribution in [0.25, 0.3) is 108 Å². The van der Waals surface area contributed by atoms with Gasteiger partial charge in [-0.2, -0.15) is 0 Å². The van der Waals surface area contributed by atoms with Crippen LogP contribution in [0.1, 0.15) is 22.7 Å². The molecule has 1 unspecified atom stereocenters. The third kappa shape index (κ3) is 3.78. The maximum Gasteiger partial charge on any atom is 0.0550 e. The van der Waals surface area contributed by atoms with Crippen LogP contribution in [-0.2, 0) is 6.42 Å². The van der Waals surface area contributed by atoms with E-state index in [4.69, 9.17) is 0 Å². The van der Waals surface area contributed by atoms with Gasteiger partial charge in [0, 0.05) is 42.9 Å². The van der Waals surface area contributed by atoms with Crippen molar-refractivity contribution in [3.8, 4) is 27.9 Å². The highest BCUT2D eigenvalue weighted by molar-refractivity contribution is 7.25. The lowest BCUT2D eigenvalue weighted by molar-refractivity contribution is 0.827. The first-order valence-corrected chi connectivity index (χ1v) is 19.8. The molecule has 2 aromatic heterocycles. The van der Waals surface area contributed by atoms with Crippen molar-refractivity contribution in [2.24, 2.45) is 0 Å². The fourth-order valence-electron chi connectivity index (χ4n) is 10.1. The van der Waals surface area contributed by atoms with Crippen molar-refractivity contribution in [1.82, 2.24) is 4.57 Å². The number of allylic oxidation sites excluding steroid dienone is 1. The minimum absolute atomic E-state index is 0.284. The molecule has 0 fully saturated rings. The SMILES string of the molecule is C1=CC(c2ccc3sc4ccccc4c3c2)Cc2c1n(-c1ccc3c4ccccc4c4ccccc4c3c1)c1cc3c4c(cccc4c21)-c1ccccc1-3. The molecule has 0 N–H and O–H groups in total. The Morgan fingerprint density at radius 1 is 0.444 bits per heavy atom. The van der Waals surface area contributed by atoms with E-state index < -0.39 is 0 Å². The van der Waals surface area contributed by atoms with Crippen LogP contribution in [0.2, 0.25) is 0 Å². The van der Waals surface area contributed by atoms with Gasteiger partial charge in [-0.15, -0.1) is 11.3 Å². The Hall–Kier alpha value is -6.48. The molecule has 0 saturated carbocycles. The van der Waals surface area contributed by atoms with Gasteiger partial charge in [-0.05, 0) is 125 Å². The monoisotopic (exact) mass is 701 g/mol. The predicted octanol–water partition coefficient (Wildman–Crippen LogP) is 14.6. The lowest BCUT2D eigenvalue weighted by Gasteiger charge is -2.20. The minimum atomic E-state index is 0.284. The Bertz CT molecular complexity index is 3450. The summed E-state index contributed by atoms with van der Waals surface area (Å²) in [4.78, 5) is 0. The summed E-state index contributed by atoms with van der Waals surface area (Å²) in [5.41, 5.74) is 12.0. The Labute approximate surface area is 315 Å². The van der Waals surface area contributed by atoms with Crippen LogP contribution in [-0.4, -0.2) is 4.57 Å². The summed E-state index contributed by atoms with van der Waals surface area (Å²) in [5.74, 6) is 0.284. The van der Waals surface area contributed by atoms with Crippen molar-refractivity contribution in [2.75, 3.05) is 0 Å². The van der Waals surface area contributed by atoms with Gasteiger partial charge in [0.05, 0.1) is 5.52 Å². The van der Waals surface area contributed by atoms with E-state index in [1.165, 1.54) is 119 Å². The zero-order chi connectivity index (χ0) is 35.1. The van der Waals surface area contributed by atoms with Crippen molar-refractivity contribution in [2.45, 2.75) is 12.3 Å². The summed E-state index contributed by atoms with van der Waals surface area (Å²) >= 11 is 1.89. The number of hydrogen-bond acceptors (Lipinski definition) is 1. The van der Waals surface area contributed by atoms with Gasteiger partial charge in [0.1, 0.15) is 0 Å². The maximum absolute atomic E-state index is 2.57. The summed E-state index contributed by atoms with van der Waals surface area (Å²) in [5, 5.41) is 14.7. The number of hydrogen-bond donors (Lipinski definition) is 0. The van der Waals surface area contributed by atoms with Crippen molar-refractivity contribution in [3.05, 3.63) is 181 Å². The first-order valence-electron chi connectivity index (χ1n) is 18.9. The average Bonchev–Trinajstić information content (AvgIpc) is 3.89. The smallest absolute Gasteiger partial charge is 0.0550 e. The van der Waals surface area contributed by atoms with Crippen LogP contribution in [0.5, 0.6) is 0 Å². The summed E-state index contributed by atoms with van der Waals surface area (Å²) in [6.07, 6.45) is 5.85. The first kappa shape index (κ1) is 29.0. The van der Waals surface area contributed by atoms with E-state index in [1.807, 2.05) is 11.3 Å². The molecule has 2 aliphatic carbocycles. The molecule has 2 aliphatic rings. The zero-order valence-corrected chi connectivity index (χ0v) is 30.1. The van der Waals surface area contributed by atoms with Gasteiger partial charge < -0.3 is 4.57 Å². The number of benzene rings is 9. The number of aromatic nitrogens is 1. The Balaban J connectivity index is 1.10. The van der Waals surface area contributed by atoms with Crippen molar-refractivity contribution in [3.63, 3.8) is 0 Å². The molecule has 11 aromatic rings. The third-order valence-electron chi connectivity index (χ3n) is 12.5. The van der Waals surface area contributed by atoms with E-state index >= 15 is 0 Å². The Morgan fingerprint density at radius 2 is 1.07 bits per heavy atom. The van der Waals surface area contributed by atoms with E-state index in [2.05, 4.69) is 174 Å². The first-order chi connectivity index (χ1) is 26.8. The molecule has 1 atom stereocenters. The second kappa shape index (κ2) is 10.6. The van der Waals surface area contributed by atoms with Crippen LogP contribution in [0, 0.1) is 0 Å². The molecule has 0 aliphatic heterocycles. The molecular formula is C52H31NS. The number of thiophene rings is 1. The van der Waals surface area contributed by atoms with Gasteiger partial charge in [-0.1, -0.05) is 127 Å². The van der Waals surface area contributed by atoms with Gasteiger partial charge in [-0.25, -0.2) is 0 Å². The van der Waals surface area contributed by atoms with Crippen LogP contribution >= 0.6 is 11.3 Å². The normalized spacial score (nSPS) is 14.7. The molecule has 0 radical (unpaired) electrons. The fourth-order valence-corrected chi connectivity index (χ4v) is 11.2. The van der Waals surface area contributed by atoms with Gasteiger partial charge in [-0.3, -0.25) is 0 Å². The summed E-state index contributed by atoms with van der Waals surface area (Å²) < 4.78 is 5.28. The molecule has 0 amide bonds. The van der Waals surface area contributed by atoms with Crippen molar-refractivity contribution < 1.29 is 0 Å². The standard InChI is InChI=1S/C52H31NS/c1-2-12-35-33(10-1)34-11-3-5-14-37(34)43-28-32(22-23-39(35)43)53-47-24-20-30(31-21-25-50-44(26-31)40-16-7-8-19-49(40)54-50)27-46(47)52-42-18-9-17-41-36-13-4-6-15-38(36)45(51(41)42)29-48(52)53/h1-26,28-30H,27H2. The fraction of sp³-hybridized carbons (Fsp3) is 0.0385. The number of nitrogens with zero attached hydrogens (tertiary/aromatic N) is 1. The second-order valence-corrected chi connectivity index (χ2v) is 16.2. The summed E-state index contributed by atoms with van der Waals surface area (Å²) in [6, 6.07) is 59.4. The van der Waals surface area contributed by atoms with Gasteiger partial charge in [0.15, 0.2) is 0 Å². The van der Waals surface area contributed by atoms with Crippen LogP contribution in [0.15, 0.2) is 164 Å². The molecule has 0 saturated heterocycles. The van der Waals surface area contributed by atoms with E-state index in [-0.39, 0.29) is 5.92 Å². The highest BCUT2D eigenvalue weighted by atomic mass is 32.1. The van der Waals surface area contributed by atoms with E-state index in [9.17, 15) is 0 Å². The van der Waals surface area contributed by atoms with E-state index in [0.29, 0.717) is 0 Å². The van der Waals surface area contributed by atoms with E-state index in [1.54, 1.807) is 0 Å². The molecular weight excluding hydrogens is 671 g/mol. The summed E-state index contributed by atoms with van der Waals surface area (Å²) in [6.45, 7) is 0. The van der Waals surface area contributed by atoms with Gasteiger partial charge in [0.25, 0.3) is 0 Å². The molecule has 0 bridgehead atoms. The average molecular weight is 702 g/mol. The number of fused-ring (bicyclic) bond motifs is 16. The Kier molecular flexibility index (Phi) is 5.68. The van der Waals surface area contributed by atoms with Gasteiger partial charge in [0.2, 0.25) is 0 Å². The third-order valence-corrected chi connectivity index (χ3v) is 13.6. The Morgan fingerprint density at radius 3 is 1.87 bits per heavy atom. The van der Waals surface area contributed by atoms with Gasteiger partial charge >= 0.3 is 0 Å². The molecule has 13 rings (SSSR count). The lowest BCUT2D eigenvalue weighted by Crippen LogP contribution is -2.07. The maximum atomic E-state index is 2.57. The molecule has 2 heteroatoms. The van der Waals surface area contributed by atoms with E-state index in [0.717, 1.165) is 6.42 Å². The molecule has 54 heavy (non-hydrogen) atoms. The topological polar surface area (TPSA) is 4.93 Å². The highest BCUT2D eigenvalue weighted by Crippen LogP contribution is 2.52. The second-order valence-electron chi connectivity index (χ2n) is 15.1. The van der Waals surface area contributed by atoms with Crippen molar-refractivity contribution >= 4 is 91.6 Å². The van der Waals surface area contributed by atoms with Crippen LogP contribution in [0.4, 0.5) is 0 Å². The molecule has 2 heterocycles. The zero-order valence-electron chi connectivity index (χ0n) is 29.3. The quantitative estimate of drug-likeness (QED) is 0.158. The molecule has 1 nitrogen and oxygen atoms in total. The lowest BCUT2D eigenvalue weighted by atomic mass is 9.85. The summed E-state index contributed by atoms with van der Waals surface area (Å²) in [7, 11) is 0. The van der Waals surface area contributed by atoms with Crippen LogP contribution < -0.4 is 0 Å².